The monoisotopic (exact) mass is 313 g/mol. The van der Waals surface area contributed by atoms with E-state index >= 15 is 0 Å². The molecule has 2 aliphatic rings. The van der Waals surface area contributed by atoms with Gasteiger partial charge < -0.3 is 9.64 Å². The number of anilines is 1. The fraction of sp³-hybridized carbons (Fsp3) is 0.714. The molecule has 20 heavy (non-hydrogen) atoms. The molecule has 2 fully saturated rings. The van der Waals surface area contributed by atoms with Crippen molar-refractivity contribution in [1.82, 2.24) is 9.97 Å². The van der Waals surface area contributed by atoms with E-state index in [1.807, 2.05) is 17.8 Å². The van der Waals surface area contributed by atoms with E-state index < -0.39 is 0 Å². The second-order valence-corrected chi connectivity index (χ2v) is 7.29. The summed E-state index contributed by atoms with van der Waals surface area (Å²) in [7, 11) is 0. The van der Waals surface area contributed by atoms with Gasteiger partial charge in [-0.1, -0.05) is 18.5 Å². The van der Waals surface area contributed by atoms with E-state index in [0.717, 1.165) is 43.7 Å². The van der Waals surface area contributed by atoms with Crippen LogP contribution < -0.4 is 4.90 Å². The van der Waals surface area contributed by atoms with Crippen molar-refractivity contribution in [1.29, 1.82) is 0 Å². The van der Waals surface area contributed by atoms with E-state index in [4.69, 9.17) is 21.3 Å². The summed E-state index contributed by atoms with van der Waals surface area (Å²) in [6, 6.07) is 1.95. The quantitative estimate of drug-likeness (QED) is 0.799. The highest BCUT2D eigenvalue weighted by molar-refractivity contribution is 8.00. The summed E-state index contributed by atoms with van der Waals surface area (Å²) >= 11 is 8.23. The van der Waals surface area contributed by atoms with Crippen molar-refractivity contribution in [3.05, 3.63) is 16.9 Å². The molecule has 0 amide bonds. The van der Waals surface area contributed by atoms with E-state index in [1.54, 1.807) is 0 Å². The molecule has 110 valence electrons. The van der Waals surface area contributed by atoms with Crippen LogP contribution in [0.1, 0.15) is 31.9 Å². The number of halogens is 1. The Kier molecular flexibility index (Phi) is 4.38. The Morgan fingerprint density at radius 2 is 2.10 bits per heavy atom. The maximum Gasteiger partial charge on any atom is 0.227 e. The van der Waals surface area contributed by atoms with Crippen molar-refractivity contribution in [2.24, 2.45) is 0 Å². The average molecular weight is 314 g/mol. The molecule has 1 saturated carbocycles. The molecule has 0 bridgehead atoms. The van der Waals surface area contributed by atoms with Gasteiger partial charge >= 0.3 is 0 Å². The van der Waals surface area contributed by atoms with Crippen molar-refractivity contribution >= 4 is 29.3 Å². The maximum atomic E-state index is 6.24. The number of rotatable bonds is 4. The number of hydrogen-bond donors (Lipinski definition) is 0. The second kappa shape index (κ2) is 6.08. The molecule has 1 aliphatic carbocycles. The van der Waals surface area contributed by atoms with Crippen molar-refractivity contribution in [3.8, 4) is 0 Å². The highest BCUT2D eigenvalue weighted by Crippen LogP contribution is 2.52. The molecule has 0 aromatic carbocycles. The van der Waals surface area contributed by atoms with Crippen LogP contribution in [0.2, 0.25) is 5.15 Å². The van der Waals surface area contributed by atoms with Crippen LogP contribution in [-0.4, -0.2) is 42.0 Å². The molecule has 3 rings (SSSR count). The van der Waals surface area contributed by atoms with Gasteiger partial charge in [0.15, 0.2) is 0 Å². The standard InChI is InChI=1S/C14H20ClN3OS/c1-2-20-14(4-3-5-14)11-10-12(15)17-13(16-11)18-6-8-19-9-7-18/h10H,2-9H2,1H3. The molecule has 0 radical (unpaired) electrons. The van der Waals surface area contributed by atoms with Gasteiger partial charge in [-0.3, -0.25) is 0 Å². The number of ether oxygens (including phenoxy) is 1. The maximum absolute atomic E-state index is 6.24. The summed E-state index contributed by atoms with van der Waals surface area (Å²) in [4.78, 5) is 11.4. The van der Waals surface area contributed by atoms with Crippen molar-refractivity contribution in [2.75, 3.05) is 37.0 Å². The Morgan fingerprint density at radius 3 is 2.70 bits per heavy atom. The van der Waals surface area contributed by atoms with E-state index in [1.165, 1.54) is 19.3 Å². The van der Waals surface area contributed by atoms with E-state index in [-0.39, 0.29) is 4.75 Å². The third kappa shape index (κ3) is 2.76. The zero-order chi connectivity index (χ0) is 14.0. The third-order valence-corrected chi connectivity index (χ3v) is 5.68. The summed E-state index contributed by atoms with van der Waals surface area (Å²) in [6.45, 7) is 5.36. The van der Waals surface area contributed by atoms with Crippen LogP contribution in [0, 0.1) is 0 Å². The molecule has 1 aromatic heterocycles. The number of nitrogens with zero attached hydrogens (tertiary/aromatic N) is 3. The number of morpholine rings is 1. The first-order chi connectivity index (χ1) is 9.73. The third-order valence-electron chi connectivity index (χ3n) is 4.03. The molecule has 4 nitrogen and oxygen atoms in total. The summed E-state index contributed by atoms with van der Waals surface area (Å²) in [5.74, 6) is 1.87. The van der Waals surface area contributed by atoms with Crippen molar-refractivity contribution in [2.45, 2.75) is 30.9 Å². The summed E-state index contributed by atoms with van der Waals surface area (Å²) < 4.78 is 5.55. The molecule has 0 atom stereocenters. The van der Waals surface area contributed by atoms with Gasteiger partial charge in [0, 0.05) is 13.1 Å². The largest absolute Gasteiger partial charge is 0.378 e. The van der Waals surface area contributed by atoms with Gasteiger partial charge in [0.1, 0.15) is 5.15 Å². The molecular formula is C14H20ClN3OS. The Bertz CT molecular complexity index is 475. The lowest BCUT2D eigenvalue weighted by Crippen LogP contribution is -2.38. The molecular weight excluding hydrogens is 294 g/mol. The first kappa shape index (κ1) is 14.4. The van der Waals surface area contributed by atoms with Crippen LogP contribution in [0.5, 0.6) is 0 Å². The van der Waals surface area contributed by atoms with Gasteiger partial charge in [0.05, 0.1) is 23.7 Å². The molecule has 6 heteroatoms. The van der Waals surface area contributed by atoms with Crippen LogP contribution in [-0.2, 0) is 9.48 Å². The minimum absolute atomic E-state index is 0.169. The molecule has 1 aliphatic heterocycles. The Labute approximate surface area is 129 Å². The number of thioether (sulfide) groups is 1. The van der Waals surface area contributed by atoms with E-state index in [0.29, 0.717) is 5.15 Å². The molecule has 1 saturated heterocycles. The van der Waals surface area contributed by atoms with Gasteiger partial charge in [0.2, 0.25) is 5.95 Å². The fourth-order valence-corrected chi connectivity index (χ4v) is 4.35. The van der Waals surface area contributed by atoms with Gasteiger partial charge in [-0.2, -0.15) is 0 Å². The molecule has 0 N–H and O–H groups in total. The normalized spacial score (nSPS) is 21.6. The SMILES string of the molecule is CCSC1(c2cc(Cl)nc(N3CCOCC3)n2)CCC1. The Balaban J connectivity index is 1.89. The van der Waals surface area contributed by atoms with Crippen molar-refractivity contribution < 1.29 is 4.74 Å². The van der Waals surface area contributed by atoms with Crippen molar-refractivity contribution in [3.63, 3.8) is 0 Å². The van der Waals surface area contributed by atoms with Gasteiger partial charge in [-0.15, -0.1) is 11.8 Å². The lowest BCUT2D eigenvalue weighted by molar-refractivity contribution is 0.122. The second-order valence-electron chi connectivity index (χ2n) is 5.26. The van der Waals surface area contributed by atoms with Gasteiger partial charge in [-0.25, -0.2) is 9.97 Å². The summed E-state index contributed by atoms with van der Waals surface area (Å²) in [5.41, 5.74) is 1.11. The molecule has 0 unspecified atom stereocenters. The lowest BCUT2D eigenvalue weighted by atomic mass is 9.81. The Hall–Kier alpha value is -0.520. The molecule has 1 aromatic rings. The highest BCUT2D eigenvalue weighted by Gasteiger charge is 2.40. The molecule has 2 heterocycles. The zero-order valence-corrected chi connectivity index (χ0v) is 13.3. The predicted octanol–water partition coefficient (Wildman–Crippen LogP) is 3.10. The van der Waals surface area contributed by atoms with Crippen LogP contribution >= 0.6 is 23.4 Å². The van der Waals surface area contributed by atoms with Crippen LogP contribution in [0.3, 0.4) is 0 Å². The number of hydrogen-bond acceptors (Lipinski definition) is 5. The fourth-order valence-electron chi connectivity index (χ4n) is 2.79. The minimum atomic E-state index is 0.169. The first-order valence-corrected chi connectivity index (χ1v) is 8.61. The minimum Gasteiger partial charge on any atom is -0.378 e. The van der Waals surface area contributed by atoms with Gasteiger partial charge in [0.25, 0.3) is 0 Å². The van der Waals surface area contributed by atoms with Crippen LogP contribution in [0.15, 0.2) is 6.07 Å². The van der Waals surface area contributed by atoms with Crippen LogP contribution in [0.25, 0.3) is 0 Å². The van der Waals surface area contributed by atoms with E-state index in [9.17, 15) is 0 Å². The first-order valence-electron chi connectivity index (χ1n) is 7.25. The molecule has 0 spiro atoms. The summed E-state index contributed by atoms with van der Waals surface area (Å²) in [6.07, 6.45) is 3.67. The predicted molar refractivity (Wildman–Crippen MR) is 83.7 cm³/mol. The average Bonchev–Trinajstić information content (AvgIpc) is 2.43. The summed E-state index contributed by atoms with van der Waals surface area (Å²) in [5, 5.41) is 0.555. The zero-order valence-electron chi connectivity index (χ0n) is 11.8. The Morgan fingerprint density at radius 1 is 1.35 bits per heavy atom. The van der Waals surface area contributed by atoms with Crippen LogP contribution in [0.4, 0.5) is 5.95 Å². The van der Waals surface area contributed by atoms with Gasteiger partial charge in [-0.05, 0) is 31.1 Å². The highest BCUT2D eigenvalue weighted by atomic mass is 35.5. The topological polar surface area (TPSA) is 38.2 Å². The van der Waals surface area contributed by atoms with E-state index in [2.05, 4.69) is 16.8 Å². The number of aromatic nitrogens is 2. The lowest BCUT2D eigenvalue weighted by Gasteiger charge is -2.41. The smallest absolute Gasteiger partial charge is 0.227 e.